The first kappa shape index (κ1) is 19.1. The molecule has 2 aromatic rings. The number of hydrazone groups is 1. The molecule has 1 unspecified atom stereocenters. The van der Waals surface area contributed by atoms with Crippen molar-refractivity contribution in [3.8, 4) is 0 Å². The summed E-state index contributed by atoms with van der Waals surface area (Å²) < 4.78 is 5.22. The highest BCUT2D eigenvalue weighted by Gasteiger charge is 2.21. The van der Waals surface area contributed by atoms with Crippen LogP contribution in [-0.2, 0) is 4.74 Å². The zero-order valence-electron chi connectivity index (χ0n) is 16.4. The molecule has 0 aliphatic carbocycles. The molecular formula is C19H26BN5O2. The predicted molar refractivity (Wildman–Crippen MR) is 109 cm³/mol. The number of ether oxygens (including phenoxy) is 1. The van der Waals surface area contributed by atoms with Gasteiger partial charge >= 0.3 is 6.09 Å². The highest BCUT2D eigenvalue weighted by molar-refractivity contribution is 6.33. The summed E-state index contributed by atoms with van der Waals surface area (Å²) in [4.78, 5) is 20.9. The van der Waals surface area contributed by atoms with Gasteiger partial charge in [0.15, 0.2) is 0 Å². The minimum absolute atomic E-state index is 0.140. The molecule has 1 aliphatic rings. The Morgan fingerprint density at radius 2 is 2.19 bits per heavy atom. The van der Waals surface area contributed by atoms with Gasteiger partial charge in [0.05, 0.1) is 22.6 Å². The van der Waals surface area contributed by atoms with Crippen molar-refractivity contribution in [2.24, 2.45) is 5.10 Å². The van der Waals surface area contributed by atoms with Crippen LogP contribution in [0.3, 0.4) is 0 Å². The fraction of sp³-hybridized carbons (Fsp3) is 0.474. The topological polar surface area (TPSA) is 79.7 Å². The Morgan fingerprint density at radius 1 is 1.37 bits per heavy atom. The van der Waals surface area contributed by atoms with Gasteiger partial charge in [-0.2, -0.15) is 5.10 Å². The van der Waals surface area contributed by atoms with E-state index in [0.29, 0.717) is 6.54 Å². The van der Waals surface area contributed by atoms with Crippen molar-refractivity contribution in [1.29, 1.82) is 0 Å². The molecule has 1 aromatic carbocycles. The van der Waals surface area contributed by atoms with E-state index >= 15 is 0 Å². The van der Waals surface area contributed by atoms with Crippen LogP contribution in [0.2, 0.25) is 0 Å². The number of carbonyl (C=O) groups excluding carboxylic acids is 1. The van der Waals surface area contributed by atoms with E-state index in [1.54, 1.807) is 0 Å². The number of fused-ring (bicyclic) bond motifs is 1. The second-order valence-electron chi connectivity index (χ2n) is 7.85. The Kier molecular flexibility index (Phi) is 5.63. The van der Waals surface area contributed by atoms with E-state index in [2.05, 4.69) is 29.3 Å². The van der Waals surface area contributed by atoms with Crippen LogP contribution in [0.1, 0.15) is 38.8 Å². The lowest BCUT2D eigenvalue weighted by molar-refractivity contribution is 0.0526. The number of aromatic nitrogens is 2. The van der Waals surface area contributed by atoms with Crippen molar-refractivity contribution in [1.82, 2.24) is 20.3 Å². The van der Waals surface area contributed by atoms with Gasteiger partial charge in [0, 0.05) is 32.0 Å². The molecule has 0 fully saturated rings. The number of nitrogens with zero attached hydrogens (tertiary/aromatic N) is 4. The first-order chi connectivity index (χ1) is 12.8. The summed E-state index contributed by atoms with van der Waals surface area (Å²) in [7, 11) is 2.05. The fourth-order valence-electron chi connectivity index (χ4n) is 2.90. The van der Waals surface area contributed by atoms with Gasteiger partial charge in [0.1, 0.15) is 13.4 Å². The minimum atomic E-state index is -0.476. The summed E-state index contributed by atoms with van der Waals surface area (Å²) in [6, 6.07) is 6.09. The standard InChI is InChI=1S/C19H26BN5O2/c1-19(2,3)27-18(26)21-7-4-8-25-12-13(10-23-25)17-11-22-15-6-5-14(20)9-16(15)24-17/h5-6,9-11,13H,4,7-8,12,20H2,1-3H3,(H,21,26). The van der Waals surface area contributed by atoms with Gasteiger partial charge in [-0.3, -0.25) is 9.99 Å². The molecule has 0 spiro atoms. The summed E-state index contributed by atoms with van der Waals surface area (Å²) in [6.45, 7) is 7.65. The third-order valence-electron chi connectivity index (χ3n) is 4.17. The van der Waals surface area contributed by atoms with E-state index in [1.165, 1.54) is 5.46 Å². The Hall–Kier alpha value is -2.64. The number of carbonyl (C=O) groups is 1. The Morgan fingerprint density at radius 3 is 2.96 bits per heavy atom. The maximum Gasteiger partial charge on any atom is 0.407 e. The lowest BCUT2D eigenvalue weighted by Crippen LogP contribution is -2.34. The third-order valence-corrected chi connectivity index (χ3v) is 4.17. The highest BCUT2D eigenvalue weighted by atomic mass is 16.6. The number of amides is 1. The van der Waals surface area contributed by atoms with Crippen molar-refractivity contribution < 1.29 is 9.53 Å². The van der Waals surface area contributed by atoms with Crippen molar-refractivity contribution >= 4 is 36.7 Å². The largest absolute Gasteiger partial charge is 0.444 e. The Balaban J connectivity index is 1.47. The van der Waals surface area contributed by atoms with Crippen LogP contribution in [-0.4, -0.2) is 60.4 Å². The average molecular weight is 367 g/mol. The third kappa shape index (κ3) is 5.42. The monoisotopic (exact) mass is 367 g/mol. The van der Waals surface area contributed by atoms with Crippen molar-refractivity contribution in [2.45, 2.75) is 38.7 Å². The molecule has 8 heteroatoms. The quantitative estimate of drug-likeness (QED) is 0.634. The minimum Gasteiger partial charge on any atom is -0.444 e. The van der Waals surface area contributed by atoms with Crippen LogP contribution in [0, 0.1) is 0 Å². The normalized spacial score (nSPS) is 16.7. The highest BCUT2D eigenvalue weighted by Crippen LogP contribution is 2.20. The number of nitrogens with one attached hydrogen (secondary N) is 1. The molecule has 2 heterocycles. The first-order valence-corrected chi connectivity index (χ1v) is 9.29. The molecule has 0 saturated carbocycles. The van der Waals surface area contributed by atoms with Gasteiger partial charge in [-0.05, 0) is 39.3 Å². The van der Waals surface area contributed by atoms with Crippen LogP contribution in [0.4, 0.5) is 4.79 Å². The molecule has 0 radical (unpaired) electrons. The van der Waals surface area contributed by atoms with Gasteiger partial charge < -0.3 is 10.1 Å². The maximum absolute atomic E-state index is 11.6. The zero-order valence-corrected chi connectivity index (χ0v) is 16.4. The lowest BCUT2D eigenvalue weighted by atomic mass is 9.96. The first-order valence-electron chi connectivity index (χ1n) is 9.29. The molecule has 27 heavy (non-hydrogen) atoms. The molecule has 1 aliphatic heterocycles. The van der Waals surface area contributed by atoms with Gasteiger partial charge in [-0.15, -0.1) is 0 Å². The van der Waals surface area contributed by atoms with Gasteiger partial charge in [-0.1, -0.05) is 11.5 Å². The number of hydrogen-bond acceptors (Lipinski definition) is 6. The smallest absolute Gasteiger partial charge is 0.407 e. The van der Waals surface area contributed by atoms with Crippen molar-refractivity contribution in [3.05, 3.63) is 30.1 Å². The van der Waals surface area contributed by atoms with E-state index in [0.717, 1.165) is 36.2 Å². The molecule has 1 atom stereocenters. The molecule has 142 valence electrons. The van der Waals surface area contributed by atoms with Crippen LogP contribution in [0.25, 0.3) is 11.0 Å². The van der Waals surface area contributed by atoms with Crippen LogP contribution >= 0.6 is 0 Å². The van der Waals surface area contributed by atoms with E-state index in [4.69, 9.17) is 9.72 Å². The van der Waals surface area contributed by atoms with Crippen LogP contribution < -0.4 is 10.8 Å². The summed E-state index contributed by atoms with van der Waals surface area (Å²) in [5.41, 5.74) is 3.46. The molecule has 7 nitrogen and oxygen atoms in total. The predicted octanol–water partition coefficient (Wildman–Crippen LogP) is 1.19. The summed E-state index contributed by atoms with van der Waals surface area (Å²) in [6.07, 6.45) is 4.17. The molecule has 0 saturated heterocycles. The number of hydrogen-bond donors (Lipinski definition) is 1. The second-order valence-corrected chi connectivity index (χ2v) is 7.85. The van der Waals surface area contributed by atoms with Crippen molar-refractivity contribution in [3.63, 3.8) is 0 Å². The van der Waals surface area contributed by atoms with E-state index in [-0.39, 0.29) is 12.0 Å². The van der Waals surface area contributed by atoms with E-state index in [1.807, 2.05) is 50.3 Å². The molecule has 1 N–H and O–H groups in total. The fourth-order valence-corrected chi connectivity index (χ4v) is 2.90. The lowest BCUT2D eigenvalue weighted by Gasteiger charge is -2.20. The SMILES string of the molecule is Bc1ccc2ncc(C3C=NN(CCCNC(=O)OC(C)(C)C)C3)nc2c1. The van der Waals surface area contributed by atoms with Gasteiger partial charge in [0.25, 0.3) is 0 Å². The molecule has 1 aromatic heterocycles. The number of alkyl carbamates (subject to hydrolysis) is 1. The van der Waals surface area contributed by atoms with E-state index < -0.39 is 5.60 Å². The average Bonchev–Trinajstić information content (AvgIpc) is 3.05. The van der Waals surface area contributed by atoms with Crippen LogP contribution in [0.5, 0.6) is 0 Å². The zero-order chi connectivity index (χ0) is 19.4. The van der Waals surface area contributed by atoms with Crippen molar-refractivity contribution in [2.75, 3.05) is 19.6 Å². The van der Waals surface area contributed by atoms with Crippen LogP contribution in [0.15, 0.2) is 29.5 Å². The Labute approximate surface area is 160 Å². The molecule has 3 rings (SSSR count). The van der Waals surface area contributed by atoms with Gasteiger partial charge in [0.2, 0.25) is 0 Å². The molecule has 0 bridgehead atoms. The number of rotatable bonds is 5. The summed E-state index contributed by atoms with van der Waals surface area (Å²) in [5.74, 6) is 0.140. The van der Waals surface area contributed by atoms with E-state index in [9.17, 15) is 4.79 Å². The summed E-state index contributed by atoms with van der Waals surface area (Å²) >= 11 is 0. The molecule has 1 amide bonds. The molecular weight excluding hydrogens is 341 g/mol. The second kappa shape index (κ2) is 7.94. The summed E-state index contributed by atoms with van der Waals surface area (Å²) in [5, 5.41) is 9.24. The maximum atomic E-state index is 11.6. The number of benzene rings is 1. The van der Waals surface area contributed by atoms with Gasteiger partial charge in [-0.25, -0.2) is 9.78 Å². The Bertz CT molecular complexity index is 850.